The third-order valence-electron chi connectivity index (χ3n) is 2.88. The van der Waals surface area contributed by atoms with E-state index in [0.29, 0.717) is 10.6 Å². The fourth-order valence-corrected chi connectivity index (χ4v) is 2.05. The first-order chi connectivity index (χ1) is 8.66. The van der Waals surface area contributed by atoms with E-state index in [9.17, 15) is 10.1 Å². The van der Waals surface area contributed by atoms with Crippen molar-refractivity contribution in [1.29, 1.82) is 0 Å². The largest absolute Gasteiger partial charge is 0.297 e. The molecule has 1 aromatic carbocycles. The van der Waals surface area contributed by atoms with Crippen LogP contribution in [0.1, 0.15) is 24.8 Å². The number of piperidine rings is 1. The molecule has 6 heteroatoms. The Labute approximate surface area is 110 Å². The Hall–Kier alpha value is -1.62. The quantitative estimate of drug-likeness (QED) is 0.480. The fourth-order valence-electron chi connectivity index (χ4n) is 1.88. The Kier molecular flexibility index (Phi) is 4.15. The molecule has 1 heterocycles. The van der Waals surface area contributed by atoms with Crippen molar-refractivity contribution in [1.82, 2.24) is 5.01 Å². The van der Waals surface area contributed by atoms with Gasteiger partial charge >= 0.3 is 0 Å². The van der Waals surface area contributed by atoms with Crippen molar-refractivity contribution in [2.24, 2.45) is 5.10 Å². The van der Waals surface area contributed by atoms with Crippen LogP contribution in [0.15, 0.2) is 23.3 Å². The molecule has 1 fully saturated rings. The molecular weight excluding hydrogens is 254 g/mol. The lowest BCUT2D eigenvalue weighted by molar-refractivity contribution is -0.384. The molecule has 0 bridgehead atoms. The Bertz CT molecular complexity index is 470. The lowest BCUT2D eigenvalue weighted by atomic mass is 10.2. The second-order valence-electron chi connectivity index (χ2n) is 4.22. The van der Waals surface area contributed by atoms with Crippen molar-refractivity contribution in [3.63, 3.8) is 0 Å². The van der Waals surface area contributed by atoms with Crippen LogP contribution in [-0.4, -0.2) is 29.2 Å². The third kappa shape index (κ3) is 3.20. The number of nitrogens with zero attached hydrogens (tertiary/aromatic N) is 3. The van der Waals surface area contributed by atoms with Crippen LogP contribution >= 0.6 is 11.6 Å². The lowest BCUT2D eigenvalue weighted by Crippen LogP contribution is -2.24. The molecule has 0 N–H and O–H groups in total. The first kappa shape index (κ1) is 12.8. The van der Waals surface area contributed by atoms with Crippen molar-refractivity contribution >= 4 is 23.5 Å². The molecule has 0 saturated carbocycles. The molecule has 96 valence electrons. The minimum atomic E-state index is -0.436. The normalized spacial score (nSPS) is 16.2. The predicted octanol–water partition coefficient (Wildman–Crippen LogP) is 3.07. The van der Waals surface area contributed by atoms with Gasteiger partial charge in [-0.05, 0) is 25.3 Å². The van der Waals surface area contributed by atoms with Gasteiger partial charge in [-0.25, -0.2) is 0 Å². The maximum atomic E-state index is 10.7. The van der Waals surface area contributed by atoms with Gasteiger partial charge < -0.3 is 0 Å². The first-order valence-corrected chi connectivity index (χ1v) is 6.27. The smallest absolute Gasteiger partial charge is 0.270 e. The van der Waals surface area contributed by atoms with Gasteiger partial charge in [0.25, 0.3) is 5.69 Å². The minimum Gasteiger partial charge on any atom is -0.297 e. The number of hydrogen-bond donors (Lipinski definition) is 0. The van der Waals surface area contributed by atoms with Crippen molar-refractivity contribution in [2.45, 2.75) is 19.3 Å². The summed E-state index contributed by atoms with van der Waals surface area (Å²) in [5.74, 6) is 0. The number of nitro groups is 1. The van der Waals surface area contributed by atoms with E-state index in [0.717, 1.165) is 25.9 Å². The van der Waals surface area contributed by atoms with E-state index in [-0.39, 0.29) is 5.69 Å². The van der Waals surface area contributed by atoms with Gasteiger partial charge in [-0.15, -0.1) is 0 Å². The molecule has 0 unspecified atom stereocenters. The molecule has 1 aliphatic heterocycles. The molecule has 18 heavy (non-hydrogen) atoms. The monoisotopic (exact) mass is 267 g/mol. The van der Waals surface area contributed by atoms with Gasteiger partial charge in [0.15, 0.2) is 0 Å². The summed E-state index contributed by atoms with van der Waals surface area (Å²) < 4.78 is 0. The number of nitro benzene ring substituents is 1. The summed E-state index contributed by atoms with van der Waals surface area (Å²) in [7, 11) is 0. The van der Waals surface area contributed by atoms with E-state index >= 15 is 0 Å². The summed E-state index contributed by atoms with van der Waals surface area (Å²) in [6, 6.07) is 4.35. The highest BCUT2D eigenvalue weighted by Gasteiger charge is 2.10. The average molecular weight is 268 g/mol. The molecule has 0 spiro atoms. The third-order valence-corrected chi connectivity index (χ3v) is 3.23. The van der Waals surface area contributed by atoms with Crippen molar-refractivity contribution in [3.05, 3.63) is 38.9 Å². The summed E-state index contributed by atoms with van der Waals surface area (Å²) in [4.78, 5) is 10.2. The number of hydrazone groups is 1. The van der Waals surface area contributed by atoms with E-state index in [4.69, 9.17) is 11.6 Å². The summed E-state index contributed by atoms with van der Waals surface area (Å²) >= 11 is 5.99. The number of halogens is 1. The summed E-state index contributed by atoms with van der Waals surface area (Å²) in [5.41, 5.74) is 0.607. The zero-order chi connectivity index (χ0) is 13.0. The molecule has 5 nitrogen and oxygen atoms in total. The zero-order valence-corrected chi connectivity index (χ0v) is 10.6. The van der Waals surface area contributed by atoms with Crippen molar-refractivity contribution < 1.29 is 4.92 Å². The number of hydrogen-bond acceptors (Lipinski definition) is 4. The lowest BCUT2D eigenvalue weighted by Gasteiger charge is -2.23. The topological polar surface area (TPSA) is 58.7 Å². The summed E-state index contributed by atoms with van der Waals surface area (Å²) in [6.45, 7) is 1.87. The van der Waals surface area contributed by atoms with Gasteiger partial charge in [0, 0.05) is 35.8 Å². The highest BCUT2D eigenvalue weighted by Crippen LogP contribution is 2.20. The Balaban J connectivity index is 2.14. The number of non-ortho nitro benzene ring substituents is 1. The van der Waals surface area contributed by atoms with Gasteiger partial charge in [-0.1, -0.05) is 11.6 Å². The maximum absolute atomic E-state index is 10.7. The predicted molar refractivity (Wildman–Crippen MR) is 71.1 cm³/mol. The standard InChI is InChI=1S/C12H14ClN3O2/c13-12-5-4-11(16(17)18)8-10(12)9-14-15-6-2-1-3-7-15/h4-5,8-9H,1-3,6-7H2/b14-9+. The maximum Gasteiger partial charge on any atom is 0.270 e. The molecular formula is C12H14ClN3O2. The average Bonchev–Trinajstić information content (AvgIpc) is 2.38. The molecule has 0 amide bonds. The van der Waals surface area contributed by atoms with Crippen molar-refractivity contribution in [2.75, 3.05) is 13.1 Å². The highest BCUT2D eigenvalue weighted by atomic mass is 35.5. The molecule has 0 aromatic heterocycles. The second-order valence-corrected chi connectivity index (χ2v) is 4.63. The van der Waals surface area contributed by atoms with Crippen LogP contribution in [0.25, 0.3) is 0 Å². The molecule has 2 rings (SSSR count). The molecule has 1 aliphatic rings. The zero-order valence-electron chi connectivity index (χ0n) is 9.88. The Morgan fingerprint density at radius 1 is 1.33 bits per heavy atom. The van der Waals surface area contributed by atoms with Crippen LogP contribution in [-0.2, 0) is 0 Å². The van der Waals surface area contributed by atoms with E-state index in [1.807, 2.05) is 5.01 Å². The van der Waals surface area contributed by atoms with Crippen LogP contribution in [0.3, 0.4) is 0 Å². The van der Waals surface area contributed by atoms with Crippen LogP contribution in [0.5, 0.6) is 0 Å². The molecule has 0 radical (unpaired) electrons. The number of benzene rings is 1. The fraction of sp³-hybridized carbons (Fsp3) is 0.417. The summed E-state index contributed by atoms with van der Waals surface area (Å²) in [5, 5.41) is 17.4. The first-order valence-electron chi connectivity index (χ1n) is 5.90. The SMILES string of the molecule is O=[N+]([O-])c1ccc(Cl)c(/C=N/N2CCCCC2)c1. The van der Waals surface area contributed by atoms with Crippen LogP contribution < -0.4 is 0 Å². The summed E-state index contributed by atoms with van der Waals surface area (Å²) in [6.07, 6.45) is 5.12. The van der Waals surface area contributed by atoms with Gasteiger partial charge in [0.1, 0.15) is 0 Å². The second kappa shape index (κ2) is 5.82. The van der Waals surface area contributed by atoms with Gasteiger partial charge in [-0.2, -0.15) is 5.10 Å². The molecule has 0 aliphatic carbocycles. The van der Waals surface area contributed by atoms with E-state index < -0.39 is 4.92 Å². The molecule has 1 aromatic rings. The van der Waals surface area contributed by atoms with Gasteiger partial charge in [0.2, 0.25) is 0 Å². The van der Waals surface area contributed by atoms with Gasteiger partial charge in [0.05, 0.1) is 11.1 Å². The van der Waals surface area contributed by atoms with Gasteiger partial charge in [-0.3, -0.25) is 15.1 Å². The van der Waals surface area contributed by atoms with Crippen LogP contribution in [0.2, 0.25) is 5.02 Å². The van der Waals surface area contributed by atoms with E-state index in [1.54, 1.807) is 6.21 Å². The highest BCUT2D eigenvalue weighted by molar-refractivity contribution is 6.33. The molecule has 1 saturated heterocycles. The van der Waals surface area contributed by atoms with Crippen LogP contribution in [0, 0.1) is 10.1 Å². The van der Waals surface area contributed by atoms with Crippen LogP contribution in [0.4, 0.5) is 5.69 Å². The van der Waals surface area contributed by atoms with E-state index in [2.05, 4.69) is 5.10 Å². The van der Waals surface area contributed by atoms with Crippen molar-refractivity contribution in [3.8, 4) is 0 Å². The van der Waals surface area contributed by atoms with E-state index in [1.165, 1.54) is 24.6 Å². The molecule has 0 atom stereocenters. The minimum absolute atomic E-state index is 0.0273. The number of rotatable bonds is 3. The Morgan fingerprint density at radius 3 is 2.72 bits per heavy atom. The Morgan fingerprint density at radius 2 is 2.06 bits per heavy atom.